The Morgan fingerprint density at radius 2 is 1.87 bits per heavy atom. The Hall–Kier alpha value is -3.08. The maximum atomic E-state index is 12.5. The molecule has 0 saturated carbocycles. The number of rotatable bonds is 6. The third kappa shape index (κ3) is 4.90. The Balaban J connectivity index is 1.22. The highest BCUT2D eigenvalue weighted by Gasteiger charge is 2.24. The van der Waals surface area contributed by atoms with Crippen LogP contribution in [0.3, 0.4) is 0 Å². The topological polar surface area (TPSA) is 59.8 Å². The Morgan fingerprint density at radius 1 is 1.10 bits per heavy atom. The Bertz CT molecular complexity index is 1020. The molecule has 30 heavy (non-hydrogen) atoms. The number of benzene rings is 2. The van der Waals surface area contributed by atoms with E-state index in [4.69, 9.17) is 9.15 Å². The van der Waals surface area contributed by atoms with E-state index in [1.54, 1.807) is 6.26 Å². The fourth-order valence-corrected chi connectivity index (χ4v) is 4.10. The van der Waals surface area contributed by atoms with E-state index in [0.717, 1.165) is 54.4 Å². The molecule has 0 aliphatic carbocycles. The van der Waals surface area contributed by atoms with Crippen LogP contribution in [0.1, 0.15) is 29.5 Å². The summed E-state index contributed by atoms with van der Waals surface area (Å²) in [6, 6.07) is 16.3. The molecule has 0 spiro atoms. The minimum atomic E-state index is -0.411. The highest BCUT2D eigenvalue weighted by atomic mass is 16.5. The molecule has 0 radical (unpaired) electrons. The molecule has 1 aromatic heterocycles. The number of nitrogens with zero attached hydrogens (tertiary/aromatic N) is 1. The van der Waals surface area contributed by atoms with Crippen molar-refractivity contribution in [2.45, 2.75) is 32.6 Å². The maximum absolute atomic E-state index is 12.5. The van der Waals surface area contributed by atoms with Gasteiger partial charge in [-0.05, 0) is 49.3 Å². The van der Waals surface area contributed by atoms with Crippen LogP contribution < -0.4 is 0 Å². The molecule has 3 aromatic rings. The van der Waals surface area contributed by atoms with Crippen molar-refractivity contribution in [3.8, 4) is 0 Å². The van der Waals surface area contributed by atoms with Crippen molar-refractivity contribution in [3.05, 3.63) is 71.5 Å². The van der Waals surface area contributed by atoms with E-state index in [1.807, 2.05) is 36.1 Å². The van der Waals surface area contributed by atoms with Crippen LogP contribution >= 0.6 is 0 Å². The second kappa shape index (κ2) is 9.16. The van der Waals surface area contributed by atoms with Crippen molar-refractivity contribution in [2.24, 2.45) is 5.92 Å². The van der Waals surface area contributed by atoms with E-state index in [9.17, 15) is 9.59 Å². The van der Waals surface area contributed by atoms with Gasteiger partial charge in [-0.3, -0.25) is 9.59 Å². The number of carbonyl (C=O) groups excluding carboxylic acids is 2. The molecule has 5 heteroatoms. The minimum absolute atomic E-state index is 0.0997. The van der Waals surface area contributed by atoms with Crippen molar-refractivity contribution in [1.82, 2.24) is 4.90 Å². The fourth-order valence-electron chi connectivity index (χ4n) is 4.10. The monoisotopic (exact) mass is 405 g/mol. The molecule has 0 atom stereocenters. The number of amides is 1. The molecule has 4 rings (SSSR count). The molecule has 0 N–H and O–H groups in total. The average Bonchev–Trinajstić information content (AvgIpc) is 3.15. The summed E-state index contributed by atoms with van der Waals surface area (Å²) in [5.74, 6) is 0.0665. The number of esters is 1. The van der Waals surface area contributed by atoms with Gasteiger partial charge in [-0.25, -0.2) is 0 Å². The van der Waals surface area contributed by atoms with Crippen LogP contribution in [-0.4, -0.2) is 36.5 Å². The van der Waals surface area contributed by atoms with E-state index in [-0.39, 0.29) is 18.9 Å². The Labute approximate surface area is 176 Å². The summed E-state index contributed by atoms with van der Waals surface area (Å²) in [6.07, 6.45) is 4.70. The van der Waals surface area contributed by atoms with Crippen LogP contribution in [0, 0.1) is 12.8 Å². The van der Waals surface area contributed by atoms with Crippen molar-refractivity contribution in [3.63, 3.8) is 0 Å². The summed E-state index contributed by atoms with van der Waals surface area (Å²) in [7, 11) is 0. The zero-order valence-electron chi connectivity index (χ0n) is 17.3. The molecule has 1 aliphatic rings. The number of hydrogen-bond acceptors (Lipinski definition) is 4. The number of carbonyl (C=O) groups is 2. The third-order valence-electron chi connectivity index (χ3n) is 5.84. The van der Waals surface area contributed by atoms with Gasteiger partial charge in [0.2, 0.25) is 0 Å². The first kappa shape index (κ1) is 20.2. The third-order valence-corrected chi connectivity index (χ3v) is 5.84. The number of hydrogen-bond donors (Lipinski definition) is 0. The number of ether oxygens (including phenoxy) is 1. The predicted molar refractivity (Wildman–Crippen MR) is 115 cm³/mol. The highest BCUT2D eigenvalue weighted by Crippen LogP contribution is 2.23. The number of aryl methyl sites for hydroxylation is 1. The summed E-state index contributed by atoms with van der Waals surface area (Å²) >= 11 is 0. The molecule has 1 aliphatic heterocycles. The van der Waals surface area contributed by atoms with Crippen molar-refractivity contribution >= 4 is 22.8 Å². The molecule has 0 bridgehead atoms. The van der Waals surface area contributed by atoms with Crippen molar-refractivity contribution < 1.29 is 18.7 Å². The van der Waals surface area contributed by atoms with E-state index < -0.39 is 5.97 Å². The summed E-state index contributed by atoms with van der Waals surface area (Å²) in [5.41, 5.74) is 3.98. The maximum Gasteiger partial charge on any atom is 0.310 e. The molecule has 5 nitrogen and oxygen atoms in total. The SMILES string of the molecule is Cc1ccc2c(CC(=O)OCC(=O)N3CCC(Cc4ccccc4)CC3)coc2c1. The highest BCUT2D eigenvalue weighted by molar-refractivity contribution is 5.87. The first-order chi connectivity index (χ1) is 14.6. The van der Waals surface area contributed by atoms with Gasteiger partial charge >= 0.3 is 5.97 Å². The van der Waals surface area contributed by atoms with Crippen molar-refractivity contribution in [2.75, 3.05) is 19.7 Å². The molecular formula is C25H27NO4. The van der Waals surface area contributed by atoms with E-state index in [0.29, 0.717) is 5.92 Å². The quantitative estimate of drug-likeness (QED) is 0.574. The van der Waals surface area contributed by atoms with Crippen LogP contribution in [0.25, 0.3) is 11.0 Å². The van der Waals surface area contributed by atoms with Crippen LogP contribution in [0.2, 0.25) is 0 Å². The van der Waals surface area contributed by atoms with Gasteiger partial charge in [0.1, 0.15) is 5.58 Å². The van der Waals surface area contributed by atoms with Gasteiger partial charge in [0.25, 0.3) is 5.91 Å². The number of furan rings is 1. The molecule has 1 amide bonds. The van der Waals surface area contributed by atoms with Gasteiger partial charge in [0.05, 0.1) is 12.7 Å². The summed E-state index contributed by atoms with van der Waals surface area (Å²) in [6.45, 7) is 3.24. The summed E-state index contributed by atoms with van der Waals surface area (Å²) < 4.78 is 10.8. The predicted octanol–water partition coefficient (Wildman–Crippen LogP) is 4.31. The van der Waals surface area contributed by atoms with E-state index in [2.05, 4.69) is 24.3 Å². The number of likely N-dealkylation sites (tertiary alicyclic amines) is 1. The molecule has 1 fully saturated rings. The number of fused-ring (bicyclic) bond motifs is 1. The Morgan fingerprint density at radius 3 is 2.63 bits per heavy atom. The van der Waals surface area contributed by atoms with Crippen LogP contribution in [0.4, 0.5) is 0 Å². The first-order valence-electron chi connectivity index (χ1n) is 10.5. The van der Waals surface area contributed by atoms with Gasteiger partial charge in [0.15, 0.2) is 6.61 Å². The molecular weight excluding hydrogens is 378 g/mol. The standard InChI is InChI=1S/C25H27NO4/c1-18-7-8-22-21(16-29-23(22)13-18)15-25(28)30-17-24(27)26-11-9-20(10-12-26)14-19-5-3-2-4-6-19/h2-8,13,16,20H,9-12,14-15,17H2,1H3. The van der Waals surface area contributed by atoms with Crippen LogP contribution in [0.5, 0.6) is 0 Å². The Kier molecular flexibility index (Phi) is 6.17. The molecule has 2 aromatic carbocycles. The van der Waals surface area contributed by atoms with E-state index >= 15 is 0 Å². The van der Waals surface area contributed by atoms with Crippen LogP contribution in [0.15, 0.2) is 59.2 Å². The van der Waals surface area contributed by atoms with Gasteiger partial charge in [-0.1, -0.05) is 42.5 Å². The lowest BCUT2D eigenvalue weighted by Gasteiger charge is -2.32. The summed E-state index contributed by atoms with van der Waals surface area (Å²) in [4.78, 5) is 26.5. The van der Waals surface area contributed by atoms with Gasteiger partial charge in [0, 0.05) is 24.0 Å². The second-order valence-corrected chi connectivity index (χ2v) is 8.11. The molecule has 156 valence electrons. The smallest absolute Gasteiger partial charge is 0.310 e. The largest absolute Gasteiger partial charge is 0.464 e. The van der Waals surface area contributed by atoms with Crippen LogP contribution in [-0.2, 0) is 27.2 Å². The zero-order valence-corrected chi connectivity index (χ0v) is 17.3. The molecule has 1 saturated heterocycles. The number of piperidine rings is 1. The van der Waals surface area contributed by atoms with Crippen molar-refractivity contribution in [1.29, 1.82) is 0 Å². The lowest BCUT2D eigenvalue weighted by Crippen LogP contribution is -2.41. The lowest BCUT2D eigenvalue weighted by molar-refractivity contribution is -0.152. The average molecular weight is 405 g/mol. The minimum Gasteiger partial charge on any atom is -0.464 e. The first-order valence-corrected chi connectivity index (χ1v) is 10.5. The normalized spacial score (nSPS) is 14.8. The van der Waals surface area contributed by atoms with E-state index in [1.165, 1.54) is 5.56 Å². The second-order valence-electron chi connectivity index (χ2n) is 8.11. The lowest BCUT2D eigenvalue weighted by atomic mass is 9.90. The molecule has 0 unspecified atom stereocenters. The van der Waals surface area contributed by atoms with Gasteiger partial charge < -0.3 is 14.1 Å². The summed E-state index contributed by atoms with van der Waals surface area (Å²) in [5, 5.41) is 0.907. The van der Waals surface area contributed by atoms with Gasteiger partial charge in [-0.15, -0.1) is 0 Å². The zero-order chi connectivity index (χ0) is 20.9. The van der Waals surface area contributed by atoms with Gasteiger partial charge in [-0.2, -0.15) is 0 Å². The molecule has 2 heterocycles. The fraction of sp³-hybridized carbons (Fsp3) is 0.360.